The fourth-order valence-corrected chi connectivity index (χ4v) is 8.03. The molecule has 0 radical (unpaired) electrons. The SMILES string of the molecule is COC(=O)NCCC(=O)N(CC(=O)NCCCCC(NC(C)C)C(N)=O)CC(=O)NCCCCC(NC(C)C)C(N)=O.COC(=O)NCCC(=O)N(CC(=O)NCCCCC(NC(C)C)C(N)=O)CC(=O)NCCCCC(NC(C)C)C(N)=O. The van der Waals surface area contributed by atoms with Crippen LogP contribution in [-0.4, -0.2) is 209 Å². The molecular weight excluding hydrogens is 1100 g/mol. The molecular formula is C54H104N16O14. The molecule has 0 rings (SSSR count). The largest absolute Gasteiger partial charge is 0.453 e. The number of unbranched alkanes of at least 4 members (excludes halogenated alkanes) is 4. The molecule has 0 heterocycles. The Labute approximate surface area is 496 Å². The first-order valence-corrected chi connectivity index (χ1v) is 29.0. The number of nitrogens with zero attached hydrogens (tertiary/aromatic N) is 2. The Hall–Kier alpha value is -6.92. The summed E-state index contributed by atoms with van der Waals surface area (Å²) < 4.78 is 8.96. The number of carbonyl (C=O) groups is 12. The van der Waals surface area contributed by atoms with Crippen LogP contribution in [0.15, 0.2) is 0 Å². The third-order valence-corrected chi connectivity index (χ3v) is 12.1. The lowest BCUT2D eigenvalue weighted by molar-refractivity contribution is -0.139. The first-order valence-electron chi connectivity index (χ1n) is 29.0. The van der Waals surface area contributed by atoms with Gasteiger partial charge in [0.25, 0.3) is 0 Å². The molecule has 0 bridgehead atoms. The van der Waals surface area contributed by atoms with E-state index in [1.54, 1.807) is 0 Å². The van der Waals surface area contributed by atoms with E-state index in [9.17, 15) is 57.5 Å². The molecule has 4 unspecified atom stereocenters. The number of nitrogens with two attached hydrogens (primary N) is 4. The van der Waals surface area contributed by atoms with E-state index in [2.05, 4.69) is 62.6 Å². The molecule has 484 valence electrons. The second kappa shape index (κ2) is 47.4. The van der Waals surface area contributed by atoms with Crippen molar-refractivity contribution in [2.75, 3.05) is 79.7 Å². The minimum atomic E-state index is -0.700. The van der Waals surface area contributed by atoms with E-state index in [-0.39, 0.29) is 76.3 Å². The number of amides is 12. The van der Waals surface area contributed by atoms with Gasteiger partial charge in [0.05, 0.1) is 38.4 Å². The van der Waals surface area contributed by atoms with Crippen molar-refractivity contribution >= 4 is 71.3 Å². The molecule has 0 aromatic carbocycles. The number of hydrogen-bond acceptors (Lipinski definition) is 18. The number of hydrogen-bond donors (Lipinski definition) is 14. The average molecular weight is 1200 g/mol. The van der Waals surface area contributed by atoms with E-state index >= 15 is 0 Å². The third kappa shape index (κ3) is 43.7. The molecule has 84 heavy (non-hydrogen) atoms. The van der Waals surface area contributed by atoms with Crippen LogP contribution in [0, 0.1) is 0 Å². The molecule has 0 aromatic heterocycles. The Morgan fingerprint density at radius 3 is 0.726 bits per heavy atom. The predicted octanol–water partition coefficient (Wildman–Crippen LogP) is -2.32. The minimum absolute atomic E-state index is 0.0257. The van der Waals surface area contributed by atoms with Crippen molar-refractivity contribution in [1.29, 1.82) is 0 Å². The lowest BCUT2D eigenvalue weighted by Gasteiger charge is -2.22. The Kier molecular flexibility index (Phi) is 44.7. The summed E-state index contributed by atoms with van der Waals surface area (Å²) in [5, 5.41) is 28.1. The monoisotopic (exact) mass is 1200 g/mol. The first kappa shape index (κ1) is 79.1. The summed E-state index contributed by atoms with van der Waals surface area (Å²) in [4.78, 5) is 147. The van der Waals surface area contributed by atoms with E-state index < -0.39 is 95.4 Å². The van der Waals surface area contributed by atoms with E-state index in [0.29, 0.717) is 103 Å². The van der Waals surface area contributed by atoms with E-state index in [4.69, 9.17) is 22.9 Å². The van der Waals surface area contributed by atoms with Crippen LogP contribution in [0.2, 0.25) is 0 Å². The maximum absolute atomic E-state index is 12.8. The van der Waals surface area contributed by atoms with Gasteiger partial charge in [0.15, 0.2) is 0 Å². The number of methoxy groups -OCH3 is 2. The van der Waals surface area contributed by atoms with Crippen LogP contribution >= 0.6 is 0 Å². The molecule has 0 aliphatic carbocycles. The second-order valence-corrected chi connectivity index (χ2v) is 21.3. The number of ether oxygens (including phenoxy) is 2. The highest BCUT2D eigenvalue weighted by atomic mass is 16.5. The lowest BCUT2D eigenvalue weighted by Crippen LogP contribution is -2.47. The number of primary amides is 4. The normalized spacial score (nSPS) is 12.4. The summed E-state index contributed by atoms with van der Waals surface area (Å²) in [7, 11) is 2.39. The zero-order chi connectivity index (χ0) is 64.2. The molecule has 4 atom stereocenters. The highest BCUT2D eigenvalue weighted by Crippen LogP contribution is 2.06. The number of alkyl carbamates (subject to hydrolysis) is 2. The van der Waals surface area contributed by atoms with Crippen LogP contribution in [0.3, 0.4) is 0 Å². The molecule has 30 nitrogen and oxygen atoms in total. The molecule has 0 saturated carbocycles. The van der Waals surface area contributed by atoms with Gasteiger partial charge in [-0.15, -0.1) is 0 Å². The fourth-order valence-electron chi connectivity index (χ4n) is 8.03. The van der Waals surface area contributed by atoms with Gasteiger partial charge in [0.2, 0.25) is 59.1 Å². The van der Waals surface area contributed by atoms with Crippen LogP contribution in [0.25, 0.3) is 0 Å². The molecule has 0 spiro atoms. The first-order chi connectivity index (χ1) is 39.5. The summed E-state index contributed by atoms with van der Waals surface area (Å²) in [6.45, 7) is 15.2. The van der Waals surface area contributed by atoms with Crippen molar-refractivity contribution in [2.45, 2.75) is 194 Å². The van der Waals surface area contributed by atoms with Crippen molar-refractivity contribution in [3.63, 3.8) is 0 Å². The predicted molar refractivity (Wildman–Crippen MR) is 316 cm³/mol. The number of nitrogens with one attached hydrogen (secondary N) is 10. The Balaban J connectivity index is 0. The minimum Gasteiger partial charge on any atom is -0.453 e. The van der Waals surface area contributed by atoms with Crippen molar-refractivity contribution in [3.8, 4) is 0 Å². The van der Waals surface area contributed by atoms with Gasteiger partial charge in [-0.25, -0.2) is 9.59 Å². The Morgan fingerprint density at radius 2 is 0.548 bits per heavy atom. The summed E-state index contributed by atoms with van der Waals surface area (Å²) in [6.07, 6.45) is 5.39. The quantitative estimate of drug-likeness (QED) is 0.0284. The van der Waals surface area contributed by atoms with Gasteiger partial charge in [-0.1, -0.05) is 55.4 Å². The van der Waals surface area contributed by atoms with Gasteiger partial charge in [-0.2, -0.15) is 0 Å². The second-order valence-electron chi connectivity index (χ2n) is 21.3. The molecule has 12 amide bonds. The smallest absolute Gasteiger partial charge is 0.406 e. The molecule has 0 fully saturated rings. The van der Waals surface area contributed by atoms with E-state index in [0.717, 1.165) is 9.80 Å². The average Bonchev–Trinajstić information content (AvgIpc) is 3.43. The van der Waals surface area contributed by atoms with E-state index in [1.165, 1.54) is 14.2 Å². The maximum Gasteiger partial charge on any atom is 0.406 e. The van der Waals surface area contributed by atoms with Gasteiger partial charge in [0.1, 0.15) is 26.2 Å². The molecule has 30 heteroatoms. The lowest BCUT2D eigenvalue weighted by atomic mass is 10.1. The zero-order valence-corrected chi connectivity index (χ0v) is 51.5. The van der Waals surface area contributed by atoms with Crippen LogP contribution in [-0.2, 0) is 57.4 Å². The van der Waals surface area contributed by atoms with Crippen LogP contribution in [0.1, 0.15) is 145 Å². The van der Waals surface area contributed by atoms with Crippen LogP contribution in [0.5, 0.6) is 0 Å². The highest BCUT2D eigenvalue weighted by molar-refractivity contribution is 5.90. The number of carbonyl (C=O) groups excluding carboxylic acids is 12. The molecule has 18 N–H and O–H groups in total. The Morgan fingerprint density at radius 1 is 0.333 bits per heavy atom. The van der Waals surface area contributed by atoms with Gasteiger partial charge in [-0.05, 0) is 77.0 Å². The van der Waals surface area contributed by atoms with Gasteiger partial charge in [-0.3, -0.25) is 47.9 Å². The van der Waals surface area contributed by atoms with Crippen molar-refractivity contribution in [2.24, 2.45) is 22.9 Å². The molecule has 0 aliphatic rings. The zero-order valence-electron chi connectivity index (χ0n) is 51.5. The van der Waals surface area contributed by atoms with Gasteiger partial charge in [0, 0.05) is 76.3 Å². The van der Waals surface area contributed by atoms with Crippen molar-refractivity contribution in [1.82, 2.24) is 63.0 Å². The fraction of sp³-hybridized carbons (Fsp3) is 0.778. The van der Waals surface area contributed by atoms with Crippen LogP contribution < -0.4 is 76.1 Å². The third-order valence-electron chi connectivity index (χ3n) is 12.1. The number of rotatable bonds is 46. The topological polar surface area (TPSA) is 454 Å². The van der Waals surface area contributed by atoms with Crippen molar-refractivity contribution in [3.05, 3.63) is 0 Å². The van der Waals surface area contributed by atoms with Gasteiger partial charge >= 0.3 is 12.2 Å². The van der Waals surface area contributed by atoms with Crippen LogP contribution in [0.4, 0.5) is 9.59 Å². The highest BCUT2D eigenvalue weighted by Gasteiger charge is 2.24. The summed E-state index contributed by atoms with van der Waals surface area (Å²) in [5.74, 6) is -4.50. The summed E-state index contributed by atoms with van der Waals surface area (Å²) in [6, 6.07) is -1.39. The summed E-state index contributed by atoms with van der Waals surface area (Å²) >= 11 is 0. The molecule has 0 aromatic rings. The molecule has 0 aliphatic heterocycles. The Bertz CT molecular complexity index is 1770. The van der Waals surface area contributed by atoms with Gasteiger partial charge < -0.3 is 95.4 Å². The van der Waals surface area contributed by atoms with Crippen molar-refractivity contribution < 1.29 is 67.0 Å². The summed E-state index contributed by atoms with van der Waals surface area (Å²) in [5.41, 5.74) is 21.7. The standard InChI is InChI=1S/2C27H52N8O7/c2*1-18(2)33-20(25(28)39)10-6-8-13-30-22(36)16-35(24(38)12-15-32-27(41)42-5)17-23(37)31-14-9-7-11-21(26(29)40)34-19(3)4/h2*18-21,33-34H,6-17H2,1-5H3,(H2,28,39)(H2,29,40)(H,30,36)(H,31,37)(H,32,41). The van der Waals surface area contributed by atoms with E-state index in [1.807, 2.05) is 55.4 Å². The maximum atomic E-state index is 12.8. The molecule has 0 saturated heterocycles.